The van der Waals surface area contributed by atoms with Gasteiger partial charge in [0.15, 0.2) is 0 Å². The lowest BCUT2D eigenvalue weighted by atomic mass is 10.0. The van der Waals surface area contributed by atoms with E-state index in [-0.39, 0.29) is 6.42 Å². The van der Waals surface area contributed by atoms with Crippen molar-refractivity contribution in [3.63, 3.8) is 0 Å². The molecule has 144 valence electrons. The Morgan fingerprint density at radius 1 is 1.07 bits per heavy atom. The molecule has 1 atom stereocenters. The van der Waals surface area contributed by atoms with Crippen LogP contribution in [0.1, 0.15) is 39.5 Å². The number of hydrogen-bond acceptors (Lipinski definition) is 4. The Hall–Kier alpha value is -2.87. The molecule has 0 heterocycles. The SMILES string of the molecule is COC(=O)CC(NC(=O)c1ccc(CN)cc1)c1ccc(C(F)(F)F)cc1. The second-order valence-corrected chi connectivity index (χ2v) is 5.83. The van der Waals surface area contributed by atoms with Gasteiger partial charge in [-0.05, 0) is 35.4 Å². The summed E-state index contributed by atoms with van der Waals surface area (Å²) in [6.07, 6.45) is -4.68. The summed E-state index contributed by atoms with van der Waals surface area (Å²) in [5.74, 6) is -1.06. The highest BCUT2D eigenvalue weighted by molar-refractivity contribution is 5.94. The first kappa shape index (κ1) is 20.4. The molecule has 27 heavy (non-hydrogen) atoms. The number of nitrogens with one attached hydrogen (secondary N) is 1. The van der Waals surface area contributed by atoms with Crippen molar-refractivity contribution in [2.45, 2.75) is 25.2 Å². The number of halogens is 3. The molecule has 5 nitrogen and oxygen atoms in total. The Kier molecular flexibility index (Phi) is 6.57. The van der Waals surface area contributed by atoms with Gasteiger partial charge in [-0.25, -0.2) is 0 Å². The van der Waals surface area contributed by atoms with Gasteiger partial charge in [-0.1, -0.05) is 24.3 Å². The van der Waals surface area contributed by atoms with Crippen LogP contribution < -0.4 is 11.1 Å². The normalized spacial score (nSPS) is 12.3. The molecule has 0 saturated carbocycles. The monoisotopic (exact) mass is 380 g/mol. The minimum atomic E-state index is -4.47. The van der Waals surface area contributed by atoms with Crippen molar-refractivity contribution in [2.75, 3.05) is 7.11 Å². The van der Waals surface area contributed by atoms with E-state index in [2.05, 4.69) is 10.1 Å². The van der Waals surface area contributed by atoms with Gasteiger partial charge in [0, 0.05) is 12.1 Å². The number of rotatable bonds is 6. The Balaban J connectivity index is 2.22. The highest BCUT2D eigenvalue weighted by atomic mass is 19.4. The van der Waals surface area contributed by atoms with Gasteiger partial charge in [-0.3, -0.25) is 9.59 Å². The van der Waals surface area contributed by atoms with Crippen LogP contribution in [0.4, 0.5) is 13.2 Å². The van der Waals surface area contributed by atoms with Gasteiger partial charge in [0.2, 0.25) is 0 Å². The van der Waals surface area contributed by atoms with Crippen molar-refractivity contribution in [2.24, 2.45) is 5.73 Å². The van der Waals surface area contributed by atoms with E-state index in [1.54, 1.807) is 24.3 Å². The fourth-order valence-electron chi connectivity index (χ4n) is 2.44. The fraction of sp³-hybridized carbons (Fsp3) is 0.263. The summed E-state index contributed by atoms with van der Waals surface area (Å²) in [5.41, 5.74) is 6.25. The summed E-state index contributed by atoms with van der Waals surface area (Å²) in [4.78, 5) is 24.1. The van der Waals surface area contributed by atoms with Crippen LogP contribution in [0.15, 0.2) is 48.5 Å². The van der Waals surface area contributed by atoms with Gasteiger partial charge in [-0.15, -0.1) is 0 Å². The molecular formula is C19H19F3N2O3. The first-order valence-corrected chi connectivity index (χ1v) is 8.08. The summed E-state index contributed by atoms with van der Waals surface area (Å²) < 4.78 is 42.8. The van der Waals surface area contributed by atoms with E-state index in [1.165, 1.54) is 19.2 Å². The Morgan fingerprint density at radius 3 is 2.15 bits per heavy atom. The number of carbonyl (C=O) groups is 2. The zero-order valence-corrected chi connectivity index (χ0v) is 14.5. The van der Waals surface area contributed by atoms with Crippen molar-refractivity contribution in [3.8, 4) is 0 Å². The Labute approximate surface area is 154 Å². The Bertz CT molecular complexity index is 787. The molecule has 8 heteroatoms. The second kappa shape index (κ2) is 8.68. The van der Waals surface area contributed by atoms with Crippen molar-refractivity contribution in [1.82, 2.24) is 5.32 Å². The van der Waals surface area contributed by atoms with Crippen LogP contribution in [0.5, 0.6) is 0 Å². The number of carbonyl (C=O) groups excluding carboxylic acids is 2. The number of hydrogen-bond donors (Lipinski definition) is 2. The lowest BCUT2D eigenvalue weighted by Crippen LogP contribution is -2.30. The molecule has 0 spiro atoms. The van der Waals surface area contributed by atoms with Gasteiger partial charge in [-0.2, -0.15) is 13.2 Å². The molecule has 0 aromatic heterocycles. The largest absolute Gasteiger partial charge is 0.469 e. The molecule has 1 unspecified atom stereocenters. The smallest absolute Gasteiger partial charge is 0.416 e. The quantitative estimate of drug-likeness (QED) is 0.754. The van der Waals surface area contributed by atoms with Gasteiger partial charge in [0.05, 0.1) is 25.1 Å². The predicted octanol–water partition coefficient (Wildman–Crippen LogP) is 3.20. The van der Waals surface area contributed by atoms with Crippen LogP contribution in [0, 0.1) is 0 Å². The lowest BCUT2D eigenvalue weighted by Gasteiger charge is -2.19. The lowest BCUT2D eigenvalue weighted by molar-refractivity contribution is -0.141. The minimum absolute atomic E-state index is 0.214. The number of methoxy groups -OCH3 is 1. The Morgan fingerprint density at radius 2 is 1.67 bits per heavy atom. The molecular weight excluding hydrogens is 361 g/mol. The summed E-state index contributed by atoms with van der Waals surface area (Å²) in [6, 6.07) is 10.00. The van der Waals surface area contributed by atoms with Crippen LogP contribution in [-0.4, -0.2) is 19.0 Å². The molecule has 0 radical (unpaired) electrons. The summed E-state index contributed by atoms with van der Waals surface area (Å²) in [5, 5.41) is 2.66. The molecule has 0 aliphatic heterocycles. The molecule has 2 aromatic rings. The van der Waals surface area contributed by atoms with Gasteiger partial charge < -0.3 is 15.8 Å². The standard InChI is InChI=1S/C19H19F3N2O3/c1-27-17(25)10-16(13-6-8-15(9-7-13)19(20,21)22)24-18(26)14-4-2-12(11-23)3-5-14/h2-9,16H,10-11,23H2,1H3,(H,24,26). The molecule has 2 aromatic carbocycles. The maximum absolute atomic E-state index is 12.7. The fourth-order valence-corrected chi connectivity index (χ4v) is 2.44. The third-order valence-electron chi connectivity index (χ3n) is 4.00. The van der Waals surface area contributed by atoms with E-state index in [0.29, 0.717) is 17.7 Å². The van der Waals surface area contributed by atoms with E-state index >= 15 is 0 Å². The predicted molar refractivity (Wildman–Crippen MR) is 92.6 cm³/mol. The van der Waals surface area contributed by atoms with Crippen LogP contribution in [0.3, 0.4) is 0 Å². The zero-order valence-electron chi connectivity index (χ0n) is 14.5. The molecule has 0 aliphatic rings. The third-order valence-corrected chi connectivity index (χ3v) is 4.00. The van der Waals surface area contributed by atoms with E-state index < -0.39 is 29.7 Å². The average Bonchev–Trinajstić information content (AvgIpc) is 2.66. The molecule has 0 fully saturated rings. The highest BCUT2D eigenvalue weighted by Gasteiger charge is 2.30. The van der Waals surface area contributed by atoms with E-state index in [0.717, 1.165) is 17.7 Å². The van der Waals surface area contributed by atoms with Gasteiger partial charge in [0.25, 0.3) is 5.91 Å². The summed E-state index contributed by atoms with van der Waals surface area (Å²) in [6.45, 7) is 0.332. The van der Waals surface area contributed by atoms with Crippen LogP contribution in [0.2, 0.25) is 0 Å². The summed E-state index contributed by atoms with van der Waals surface area (Å²) in [7, 11) is 1.19. The van der Waals surface area contributed by atoms with Crippen molar-refractivity contribution in [1.29, 1.82) is 0 Å². The molecule has 1 amide bonds. The van der Waals surface area contributed by atoms with E-state index in [9.17, 15) is 22.8 Å². The van der Waals surface area contributed by atoms with Crippen LogP contribution >= 0.6 is 0 Å². The van der Waals surface area contributed by atoms with Gasteiger partial charge in [0.1, 0.15) is 0 Å². The topological polar surface area (TPSA) is 81.4 Å². The number of ether oxygens (including phenoxy) is 1. The maximum atomic E-state index is 12.7. The highest BCUT2D eigenvalue weighted by Crippen LogP contribution is 2.30. The van der Waals surface area contributed by atoms with Crippen molar-refractivity contribution in [3.05, 3.63) is 70.8 Å². The number of alkyl halides is 3. The molecule has 3 N–H and O–H groups in total. The average molecular weight is 380 g/mol. The molecule has 0 saturated heterocycles. The first-order chi connectivity index (χ1) is 12.7. The zero-order chi connectivity index (χ0) is 20.0. The number of benzene rings is 2. The maximum Gasteiger partial charge on any atom is 0.416 e. The molecule has 0 bridgehead atoms. The van der Waals surface area contributed by atoms with Crippen molar-refractivity contribution >= 4 is 11.9 Å². The second-order valence-electron chi connectivity index (χ2n) is 5.83. The van der Waals surface area contributed by atoms with Crippen LogP contribution in [0.25, 0.3) is 0 Å². The number of nitrogens with two attached hydrogens (primary N) is 1. The molecule has 0 aliphatic carbocycles. The van der Waals surface area contributed by atoms with Crippen molar-refractivity contribution < 1.29 is 27.5 Å². The number of amides is 1. The summed E-state index contributed by atoms with van der Waals surface area (Å²) >= 11 is 0. The molecule has 2 rings (SSSR count). The minimum Gasteiger partial charge on any atom is -0.469 e. The van der Waals surface area contributed by atoms with Crippen LogP contribution in [-0.2, 0) is 22.3 Å². The third kappa shape index (κ3) is 5.55. The van der Waals surface area contributed by atoms with Gasteiger partial charge >= 0.3 is 12.1 Å². The number of esters is 1. The first-order valence-electron chi connectivity index (χ1n) is 8.08. The van der Waals surface area contributed by atoms with E-state index in [4.69, 9.17) is 5.73 Å². The van der Waals surface area contributed by atoms with E-state index in [1.807, 2.05) is 0 Å².